The van der Waals surface area contributed by atoms with Crippen LogP contribution in [-0.2, 0) is 6.54 Å². The first-order chi connectivity index (χ1) is 13.6. The summed E-state index contributed by atoms with van der Waals surface area (Å²) in [5.41, 5.74) is 2.26. The summed E-state index contributed by atoms with van der Waals surface area (Å²) in [4.78, 5) is 14.1. The number of aryl methyl sites for hydroxylation is 1. The summed E-state index contributed by atoms with van der Waals surface area (Å²) >= 11 is 0. The molecule has 2 aliphatic rings. The fourth-order valence-corrected chi connectivity index (χ4v) is 3.52. The number of hydrogen-bond acceptors (Lipinski definition) is 7. The van der Waals surface area contributed by atoms with Gasteiger partial charge in [-0.15, -0.1) is 0 Å². The van der Waals surface area contributed by atoms with E-state index in [9.17, 15) is 0 Å². The third kappa shape index (κ3) is 4.47. The molecule has 0 bridgehead atoms. The smallest absolute Gasteiger partial charge is 0.231 e. The second-order valence-corrected chi connectivity index (χ2v) is 7.92. The number of anilines is 2. The lowest BCUT2D eigenvalue weighted by atomic mass is 10.1. The summed E-state index contributed by atoms with van der Waals surface area (Å²) in [5, 5.41) is 3.34. The van der Waals surface area contributed by atoms with Crippen LogP contribution in [0.2, 0.25) is 0 Å². The van der Waals surface area contributed by atoms with Crippen LogP contribution < -0.4 is 19.7 Å². The van der Waals surface area contributed by atoms with Crippen molar-refractivity contribution in [1.82, 2.24) is 14.9 Å². The number of hydrogen-bond donors (Lipinski definition) is 1. The Labute approximate surface area is 166 Å². The van der Waals surface area contributed by atoms with E-state index in [1.54, 1.807) is 0 Å². The molecule has 2 aromatic rings. The van der Waals surface area contributed by atoms with Gasteiger partial charge in [0.05, 0.1) is 0 Å². The van der Waals surface area contributed by atoms with Gasteiger partial charge in [-0.2, -0.15) is 4.98 Å². The molecular weight excluding hydrogens is 354 g/mol. The Morgan fingerprint density at radius 3 is 2.61 bits per heavy atom. The zero-order valence-corrected chi connectivity index (χ0v) is 16.9. The molecule has 1 aromatic carbocycles. The van der Waals surface area contributed by atoms with Gasteiger partial charge in [-0.25, -0.2) is 4.98 Å². The van der Waals surface area contributed by atoms with Crippen LogP contribution in [0.5, 0.6) is 11.5 Å². The molecule has 0 saturated carbocycles. The van der Waals surface area contributed by atoms with Crippen LogP contribution in [0.4, 0.5) is 11.8 Å². The monoisotopic (exact) mass is 383 g/mol. The first kappa shape index (κ1) is 18.8. The second kappa shape index (κ2) is 8.22. The van der Waals surface area contributed by atoms with Crippen LogP contribution in [0.1, 0.15) is 25.1 Å². The van der Waals surface area contributed by atoms with Crippen molar-refractivity contribution < 1.29 is 9.47 Å². The van der Waals surface area contributed by atoms with E-state index in [1.165, 1.54) is 5.56 Å². The van der Waals surface area contributed by atoms with Crippen LogP contribution in [0, 0.1) is 12.8 Å². The number of piperazine rings is 1. The molecule has 1 fully saturated rings. The van der Waals surface area contributed by atoms with Gasteiger partial charge in [0.25, 0.3) is 0 Å². The molecular formula is C21H29N5O2. The summed E-state index contributed by atoms with van der Waals surface area (Å²) in [6, 6.07) is 8.30. The van der Waals surface area contributed by atoms with E-state index in [1.807, 2.05) is 13.0 Å². The number of ether oxygens (including phenoxy) is 2. The third-order valence-electron chi connectivity index (χ3n) is 5.05. The summed E-state index contributed by atoms with van der Waals surface area (Å²) in [7, 11) is 0. The fourth-order valence-electron chi connectivity index (χ4n) is 3.52. The van der Waals surface area contributed by atoms with Crippen LogP contribution >= 0.6 is 0 Å². The highest BCUT2D eigenvalue weighted by molar-refractivity contribution is 5.46. The van der Waals surface area contributed by atoms with Crippen LogP contribution in [0.3, 0.4) is 0 Å². The maximum atomic E-state index is 5.49. The van der Waals surface area contributed by atoms with E-state index in [4.69, 9.17) is 14.5 Å². The van der Waals surface area contributed by atoms with Gasteiger partial charge in [-0.3, -0.25) is 4.90 Å². The largest absolute Gasteiger partial charge is 0.454 e. The molecule has 2 aliphatic heterocycles. The molecule has 4 rings (SSSR count). The van der Waals surface area contributed by atoms with E-state index in [0.29, 0.717) is 12.7 Å². The van der Waals surface area contributed by atoms with Crippen molar-refractivity contribution in [2.24, 2.45) is 5.92 Å². The molecule has 150 valence electrons. The van der Waals surface area contributed by atoms with E-state index in [0.717, 1.165) is 68.2 Å². The normalized spacial score (nSPS) is 16.6. The van der Waals surface area contributed by atoms with Crippen molar-refractivity contribution in [1.29, 1.82) is 0 Å². The quantitative estimate of drug-likeness (QED) is 0.823. The molecule has 7 heteroatoms. The van der Waals surface area contributed by atoms with Crippen molar-refractivity contribution in [3.05, 3.63) is 35.5 Å². The molecule has 28 heavy (non-hydrogen) atoms. The predicted molar refractivity (Wildman–Crippen MR) is 110 cm³/mol. The Kier molecular flexibility index (Phi) is 5.52. The lowest BCUT2D eigenvalue weighted by Crippen LogP contribution is -2.46. The average molecular weight is 383 g/mol. The van der Waals surface area contributed by atoms with E-state index in [2.05, 4.69) is 52.1 Å². The van der Waals surface area contributed by atoms with Gasteiger partial charge in [0.15, 0.2) is 11.5 Å². The Bertz CT molecular complexity index is 818. The number of nitrogens with zero attached hydrogens (tertiary/aromatic N) is 4. The number of nitrogens with one attached hydrogen (secondary N) is 1. The molecule has 0 unspecified atom stereocenters. The number of benzene rings is 1. The van der Waals surface area contributed by atoms with Crippen LogP contribution in [0.25, 0.3) is 0 Å². The zero-order valence-electron chi connectivity index (χ0n) is 16.9. The second-order valence-electron chi connectivity index (χ2n) is 7.92. The highest BCUT2D eigenvalue weighted by Gasteiger charge is 2.20. The molecule has 1 N–H and O–H groups in total. The Hall–Kier alpha value is -2.54. The molecule has 1 saturated heterocycles. The minimum absolute atomic E-state index is 0.323. The topological polar surface area (TPSA) is 62.8 Å². The van der Waals surface area contributed by atoms with Gasteiger partial charge in [0.2, 0.25) is 12.7 Å². The van der Waals surface area contributed by atoms with Gasteiger partial charge in [0, 0.05) is 51.0 Å². The van der Waals surface area contributed by atoms with Gasteiger partial charge >= 0.3 is 0 Å². The lowest BCUT2D eigenvalue weighted by molar-refractivity contribution is 0.174. The maximum absolute atomic E-state index is 5.49. The molecule has 7 nitrogen and oxygen atoms in total. The van der Waals surface area contributed by atoms with E-state index in [-0.39, 0.29) is 0 Å². The fraction of sp³-hybridized carbons (Fsp3) is 0.524. The minimum Gasteiger partial charge on any atom is -0.454 e. The lowest BCUT2D eigenvalue weighted by Gasteiger charge is -2.35. The average Bonchev–Trinajstić information content (AvgIpc) is 3.14. The summed E-state index contributed by atoms with van der Waals surface area (Å²) in [5.74, 6) is 4.00. The van der Waals surface area contributed by atoms with Gasteiger partial charge in [-0.1, -0.05) is 19.9 Å². The summed E-state index contributed by atoms with van der Waals surface area (Å²) in [6.07, 6.45) is 0. The molecule has 0 spiro atoms. The highest BCUT2D eigenvalue weighted by atomic mass is 16.7. The summed E-state index contributed by atoms with van der Waals surface area (Å²) in [6.45, 7) is 12.5. The molecule has 0 aliphatic carbocycles. The first-order valence-electron chi connectivity index (χ1n) is 10.0. The number of fused-ring (bicyclic) bond motifs is 1. The van der Waals surface area contributed by atoms with Crippen molar-refractivity contribution in [3.63, 3.8) is 0 Å². The number of rotatable bonds is 6. The van der Waals surface area contributed by atoms with Gasteiger partial charge in [0.1, 0.15) is 5.82 Å². The van der Waals surface area contributed by atoms with Crippen molar-refractivity contribution in [2.75, 3.05) is 49.7 Å². The third-order valence-corrected chi connectivity index (χ3v) is 5.05. The van der Waals surface area contributed by atoms with Crippen molar-refractivity contribution in [3.8, 4) is 11.5 Å². The van der Waals surface area contributed by atoms with Gasteiger partial charge < -0.3 is 19.7 Å². The first-order valence-corrected chi connectivity index (χ1v) is 10.0. The maximum Gasteiger partial charge on any atom is 0.231 e. The Balaban J connectivity index is 1.35. The molecule has 3 heterocycles. The standard InChI is InChI=1S/C21H29N5O2/c1-15(2)12-22-21-23-16(3)10-20(24-21)26-8-6-25(7-9-26)13-17-4-5-18-19(11-17)28-14-27-18/h4-5,10-11,15H,6-9,12-14H2,1-3H3,(H,22,23,24). The molecule has 0 radical (unpaired) electrons. The van der Waals surface area contributed by atoms with Crippen LogP contribution in [0.15, 0.2) is 24.3 Å². The van der Waals surface area contributed by atoms with Crippen LogP contribution in [-0.4, -0.2) is 54.4 Å². The van der Waals surface area contributed by atoms with E-state index >= 15 is 0 Å². The van der Waals surface area contributed by atoms with Crippen molar-refractivity contribution >= 4 is 11.8 Å². The number of aromatic nitrogens is 2. The van der Waals surface area contributed by atoms with Crippen molar-refractivity contribution in [2.45, 2.75) is 27.3 Å². The predicted octanol–water partition coefficient (Wildman–Crippen LogP) is 2.90. The summed E-state index contributed by atoms with van der Waals surface area (Å²) < 4.78 is 10.9. The molecule has 1 aromatic heterocycles. The van der Waals surface area contributed by atoms with E-state index < -0.39 is 0 Å². The van der Waals surface area contributed by atoms with Gasteiger partial charge in [-0.05, 0) is 30.5 Å². The zero-order chi connectivity index (χ0) is 19.5. The SMILES string of the molecule is Cc1cc(N2CCN(Cc3ccc4c(c3)OCO4)CC2)nc(NCC(C)C)n1. The molecule has 0 atom stereocenters. The molecule has 0 amide bonds. The minimum atomic E-state index is 0.323. The Morgan fingerprint density at radius 2 is 1.82 bits per heavy atom. The Morgan fingerprint density at radius 1 is 1.04 bits per heavy atom. The highest BCUT2D eigenvalue weighted by Crippen LogP contribution is 2.33.